The fourth-order valence-electron chi connectivity index (χ4n) is 2.08. The van der Waals surface area contributed by atoms with Crippen molar-refractivity contribution in [2.75, 3.05) is 31.2 Å². The number of nitrogens with zero attached hydrogens (tertiary/aromatic N) is 1. The fraction of sp³-hybridized carbons (Fsp3) is 0.533. The Morgan fingerprint density at radius 2 is 2.25 bits per heavy atom. The van der Waals surface area contributed by atoms with Crippen LogP contribution in [0.3, 0.4) is 0 Å². The predicted molar refractivity (Wildman–Crippen MR) is 81.0 cm³/mol. The molecule has 0 aliphatic carbocycles. The molecule has 1 saturated heterocycles. The Bertz CT molecular complexity index is 438. The Hall–Kier alpha value is -1.22. The number of hydrogen-bond donors (Lipinski definition) is 2. The second kappa shape index (κ2) is 8.15. The average Bonchev–Trinajstić information content (AvgIpc) is 2.99. The summed E-state index contributed by atoms with van der Waals surface area (Å²) in [5.41, 5.74) is 0.606. The van der Waals surface area contributed by atoms with Crippen LogP contribution in [0.1, 0.15) is 12.0 Å². The van der Waals surface area contributed by atoms with Crippen molar-refractivity contribution in [2.45, 2.75) is 12.5 Å². The van der Waals surface area contributed by atoms with Gasteiger partial charge in [-0.3, -0.25) is 0 Å². The molecule has 0 saturated carbocycles. The maximum Gasteiger partial charge on any atom is 0.119 e. The lowest BCUT2D eigenvalue weighted by molar-refractivity contribution is 0.106. The zero-order valence-electron chi connectivity index (χ0n) is 11.4. The number of thioether (sulfide) groups is 1. The molecule has 20 heavy (non-hydrogen) atoms. The normalized spacial score (nSPS) is 19.5. The maximum atomic E-state index is 9.84. The van der Waals surface area contributed by atoms with Crippen LogP contribution in [0.5, 0.6) is 5.75 Å². The molecule has 2 rings (SSSR count). The Labute approximate surface area is 124 Å². The first-order valence-corrected chi connectivity index (χ1v) is 8.03. The fourth-order valence-corrected chi connectivity index (χ4v) is 3.36. The van der Waals surface area contributed by atoms with Gasteiger partial charge in [-0.1, -0.05) is 0 Å². The van der Waals surface area contributed by atoms with Gasteiger partial charge in [-0.2, -0.15) is 17.0 Å². The van der Waals surface area contributed by atoms with Gasteiger partial charge in [0.15, 0.2) is 0 Å². The van der Waals surface area contributed by atoms with E-state index in [0.717, 1.165) is 12.5 Å². The quantitative estimate of drug-likeness (QED) is 0.800. The molecule has 0 bridgehead atoms. The summed E-state index contributed by atoms with van der Waals surface area (Å²) in [5, 5.41) is 21.8. The molecule has 1 aliphatic rings. The van der Waals surface area contributed by atoms with Gasteiger partial charge in [0.1, 0.15) is 18.5 Å². The Kier molecular flexibility index (Phi) is 6.19. The van der Waals surface area contributed by atoms with Gasteiger partial charge in [-0.05, 0) is 54.7 Å². The monoisotopic (exact) mass is 292 g/mol. The van der Waals surface area contributed by atoms with E-state index in [1.807, 2.05) is 11.8 Å². The Morgan fingerprint density at radius 1 is 1.45 bits per heavy atom. The minimum absolute atomic E-state index is 0.262. The summed E-state index contributed by atoms with van der Waals surface area (Å²) in [7, 11) is 0. The van der Waals surface area contributed by atoms with E-state index in [4.69, 9.17) is 10.00 Å². The summed E-state index contributed by atoms with van der Waals surface area (Å²) < 4.78 is 5.49. The van der Waals surface area contributed by atoms with E-state index in [1.54, 1.807) is 24.3 Å². The summed E-state index contributed by atoms with van der Waals surface area (Å²) in [6.45, 7) is 1.79. The molecule has 108 valence electrons. The van der Waals surface area contributed by atoms with Gasteiger partial charge >= 0.3 is 0 Å². The number of benzene rings is 1. The molecule has 0 amide bonds. The first-order valence-electron chi connectivity index (χ1n) is 6.87. The first kappa shape index (κ1) is 15.2. The number of aliphatic hydroxyl groups is 1. The molecule has 0 spiro atoms. The zero-order chi connectivity index (χ0) is 14.2. The lowest BCUT2D eigenvalue weighted by atomic mass is 10.1. The molecule has 2 unspecified atom stereocenters. The Morgan fingerprint density at radius 3 is 2.90 bits per heavy atom. The Balaban J connectivity index is 1.61. The van der Waals surface area contributed by atoms with Crippen molar-refractivity contribution in [1.82, 2.24) is 5.32 Å². The molecule has 1 fully saturated rings. The van der Waals surface area contributed by atoms with Crippen molar-refractivity contribution >= 4 is 11.8 Å². The van der Waals surface area contributed by atoms with Gasteiger partial charge in [-0.15, -0.1) is 0 Å². The van der Waals surface area contributed by atoms with Crippen LogP contribution in [0.4, 0.5) is 0 Å². The van der Waals surface area contributed by atoms with Crippen LogP contribution in [-0.2, 0) is 0 Å². The van der Waals surface area contributed by atoms with E-state index in [-0.39, 0.29) is 6.61 Å². The third kappa shape index (κ3) is 5.04. The van der Waals surface area contributed by atoms with Crippen LogP contribution >= 0.6 is 11.8 Å². The zero-order valence-corrected chi connectivity index (χ0v) is 12.2. The second-order valence-corrected chi connectivity index (χ2v) is 6.14. The van der Waals surface area contributed by atoms with Gasteiger partial charge in [0.2, 0.25) is 0 Å². The summed E-state index contributed by atoms with van der Waals surface area (Å²) in [6, 6.07) is 8.96. The standard InChI is InChI=1S/C15H20N2O2S/c16-7-12-1-3-15(4-2-12)19-10-14(18)9-17-8-13-5-6-20-11-13/h1-4,13-14,17-18H,5-6,8-11H2. The van der Waals surface area contributed by atoms with Gasteiger partial charge in [0.25, 0.3) is 0 Å². The molecule has 0 radical (unpaired) electrons. The van der Waals surface area contributed by atoms with Crippen molar-refractivity contribution < 1.29 is 9.84 Å². The molecule has 1 aromatic rings. The van der Waals surface area contributed by atoms with Crippen LogP contribution in [-0.4, -0.2) is 42.4 Å². The minimum atomic E-state index is -0.514. The molecule has 2 N–H and O–H groups in total. The van der Waals surface area contributed by atoms with Gasteiger partial charge in [-0.25, -0.2) is 0 Å². The van der Waals surface area contributed by atoms with Crippen molar-refractivity contribution in [3.63, 3.8) is 0 Å². The van der Waals surface area contributed by atoms with Crippen molar-refractivity contribution in [2.24, 2.45) is 5.92 Å². The third-order valence-electron chi connectivity index (χ3n) is 3.26. The molecule has 0 aromatic heterocycles. The summed E-state index contributed by atoms with van der Waals surface area (Å²) >= 11 is 2.00. The van der Waals surface area contributed by atoms with Gasteiger partial charge in [0.05, 0.1) is 11.6 Å². The van der Waals surface area contributed by atoms with Crippen molar-refractivity contribution in [1.29, 1.82) is 5.26 Å². The molecule has 5 heteroatoms. The minimum Gasteiger partial charge on any atom is -0.491 e. The van der Waals surface area contributed by atoms with E-state index < -0.39 is 6.10 Å². The number of nitrogens with one attached hydrogen (secondary N) is 1. The molecule has 4 nitrogen and oxygen atoms in total. The van der Waals surface area contributed by atoms with E-state index in [9.17, 15) is 5.11 Å². The van der Waals surface area contributed by atoms with E-state index in [2.05, 4.69) is 11.4 Å². The molecule has 1 aliphatic heterocycles. The van der Waals surface area contributed by atoms with Gasteiger partial charge in [0, 0.05) is 6.54 Å². The van der Waals surface area contributed by atoms with Crippen molar-refractivity contribution in [3.8, 4) is 11.8 Å². The highest BCUT2D eigenvalue weighted by molar-refractivity contribution is 7.99. The van der Waals surface area contributed by atoms with Crippen LogP contribution in [0.25, 0.3) is 0 Å². The average molecular weight is 292 g/mol. The lowest BCUT2D eigenvalue weighted by Gasteiger charge is -2.15. The van der Waals surface area contributed by atoms with E-state index in [0.29, 0.717) is 17.9 Å². The topological polar surface area (TPSA) is 65.3 Å². The summed E-state index contributed by atoms with van der Waals surface area (Å²) in [4.78, 5) is 0. The molecular weight excluding hydrogens is 272 g/mol. The van der Waals surface area contributed by atoms with Crippen LogP contribution < -0.4 is 10.1 Å². The summed E-state index contributed by atoms with van der Waals surface area (Å²) in [5.74, 6) is 3.91. The number of rotatable bonds is 7. The number of aliphatic hydroxyl groups excluding tert-OH is 1. The van der Waals surface area contributed by atoms with Crippen LogP contribution in [0.2, 0.25) is 0 Å². The number of hydrogen-bond acceptors (Lipinski definition) is 5. The molecule has 2 atom stereocenters. The highest BCUT2D eigenvalue weighted by Crippen LogP contribution is 2.22. The maximum absolute atomic E-state index is 9.84. The molecular formula is C15H20N2O2S. The van der Waals surface area contributed by atoms with Crippen molar-refractivity contribution in [3.05, 3.63) is 29.8 Å². The smallest absolute Gasteiger partial charge is 0.119 e. The molecule has 1 heterocycles. The second-order valence-electron chi connectivity index (χ2n) is 4.99. The van der Waals surface area contributed by atoms with E-state index in [1.165, 1.54) is 17.9 Å². The van der Waals surface area contributed by atoms with Gasteiger partial charge < -0.3 is 15.2 Å². The van der Waals surface area contributed by atoms with Crippen LogP contribution in [0, 0.1) is 17.2 Å². The largest absolute Gasteiger partial charge is 0.491 e. The first-order chi connectivity index (χ1) is 9.78. The highest BCUT2D eigenvalue weighted by atomic mass is 32.2. The summed E-state index contributed by atoms with van der Waals surface area (Å²) in [6.07, 6.45) is 0.759. The highest BCUT2D eigenvalue weighted by Gasteiger charge is 2.15. The SMILES string of the molecule is N#Cc1ccc(OCC(O)CNCC2CCSC2)cc1. The lowest BCUT2D eigenvalue weighted by Crippen LogP contribution is -2.34. The van der Waals surface area contributed by atoms with E-state index >= 15 is 0 Å². The predicted octanol–water partition coefficient (Wildman–Crippen LogP) is 1.64. The number of nitriles is 1. The number of ether oxygens (including phenoxy) is 1. The third-order valence-corrected chi connectivity index (χ3v) is 4.49. The molecule has 1 aromatic carbocycles. The van der Waals surface area contributed by atoms with Crippen LogP contribution in [0.15, 0.2) is 24.3 Å².